The van der Waals surface area contributed by atoms with Gasteiger partial charge < -0.3 is 9.05 Å². The van der Waals surface area contributed by atoms with Gasteiger partial charge in [0.15, 0.2) is 0 Å². The normalized spacial score (nSPS) is 11.6. The minimum absolute atomic E-state index is 0.400. The fourth-order valence-electron chi connectivity index (χ4n) is 0.901. The van der Waals surface area contributed by atoms with Gasteiger partial charge in [0.05, 0.1) is 17.5 Å². The van der Waals surface area contributed by atoms with E-state index in [1.54, 1.807) is 11.8 Å². The van der Waals surface area contributed by atoms with Crippen molar-refractivity contribution < 1.29 is 13.6 Å². The molecule has 0 saturated heterocycles. The highest BCUT2D eigenvalue weighted by molar-refractivity contribution is 8.60. The van der Waals surface area contributed by atoms with E-state index in [4.69, 9.17) is 9.05 Å². The first kappa shape index (κ1) is 16.6. The number of hydrogen-bond acceptors (Lipinski definition) is 5. The monoisotopic (exact) mass is 284 g/mol. The van der Waals surface area contributed by atoms with Crippen LogP contribution in [0, 0.1) is 0 Å². The van der Waals surface area contributed by atoms with Gasteiger partial charge in [0, 0.05) is 11.4 Å². The molecule has 0 N–H and O–H groups in total. The van der Waals surface area contributed by atoms with E-state index in [0.717, 1.165) is 15.6 Å². The lowest BCUT2D eigenvalue weighted by molar-refractivity contribution is 0.237. The lowest BCUT2D eigenvalue weighted by Crippen LogP contribution is -1.93. The van der Waals surface area contributed by atoms with E-state index in [9.17, 15) is 4.57 Å². The second-order valence-electron chi connectivity index (χ2n) is 3.09. The maximum Gasteiger partial charge on any atom is 0.394 e. The Bertz CT molecular complexity index is 265. The molecule has 0 unspecified atom stereocenters. The largest absolute Gasteiger partial charge is 0.394 e. The van der Waals surface area contributed by atoms with Crippen molar-refractivity contribution in [1.29, 1.82) is 0 Å². The Labute approximate surface area is 107 Å². The number of hydrogen-bond donors (Lipinski definition) is 0. The third-order valence-electron chi connectivity index (χ3n) is 1.45. The van der Waals surface area contributed by atoms with Gasteiger partial charge in [-0.1, -0.05) is 12.5 Å². The van der Waals surface area contributed by atoms with Gasteiger partial charge in [-0.15, -0.1) is 11.8 Å². The summed E-state index contributed by atoms with van der Waals surface area (Å²) in [6.45, 7) is 7.50. The number of rotatable bonds is 8. The van der Waals surface area contributed by atoms with Crippen molar-refractivity contribution in [3.8, 4) is 0 Å². The van der Waals surface area contributed by atoms with Crippen LogP contribution >= 0.6 is 29.9 Å². The zero-order valence-corrected chi connectivity index (χ0v) is 13.1. The predicted molar refractivity (Wildman–Crippen MR) is 75.0 cm³/mol. The van der Waals surface area contributed by atoms with Gasteiger partial charge in [0.25, 0.3) is 0 Å². The lowest BCUT2D eigenvalue weighted by Gasteiger charge is -2.17. The van der Waals surface area contributed by atoms with E-state index >= 15 is 0 Å². The van der Waals surface area contributed by atoms with Crippen molar-refractivity contribution in [2.24, 2.45) is 0 Å². The number of allylic oxidation sites excluding steroid dienone is 1. The van der Waals surface area contributed by atoms with Crippen LogP contribution in [0.4, 0.5) is 0 Å². The quantitative estimate of drug-likeness (QED) is 0.592. The van der Waals surface area contributed by atoms with Crippen molar-refractivity contribution in [2.75, 3.05) is 19.0 Å². The number of thioether (sulfide) groups is 1. The van der Waals surface area contributed by atoms with E-state index < -0.39 is 6.80 Å². The van der Waals surface area contributed by atoms with Crippen LogP contribution in [0.25, 0.3) is 0 Å². The molecule has 0 amide bonds. The molecule has 16 heavy (non-hydrogen) atoms. The lowest BCUT2D eigenvalue weighted by atomic mass is 10.4. The summed E-state index contributed by atoms with van der Waals surface area (Å²) in [6, 6.07) is 0. The van der Waals surface area contributed by atoms with Gasteiger partial charge in [0.2, 0.25) is 0 Å². The molecule has 0 heterocycles. The SMILES string of the molecule is CCOP(=O)(OCC)SC(SCC)=C(C)C. The molecular weight excluding hydrogens is 263 g/mol. The predicted octanol–water partition coefficient (Wildman–Crippen LogP) is 4.91. The molecule has 6 heteroatoms. The van der Waals surface area contributed by atoms with Gasteiger partial charge in [-0.25, -0.2) is 4.57 Å². The molecule has 0 aromatic heterocycles. The second-order valence-corrected chi connectivity index (χ2v) is 8.52. The molecular formula is C10H21O3PS2. The zero-order valence-electron chi connectivity index (χ0n) is 10.6. The van der Waals surface area contributed by atoms with Crippen LogP contribution in [0.15, 0.2) is 9.81 Å². The molecule has 0 rings (SSSR count). The molecule has 3 nitrogen and oxygen atoms in total. The van der Waals surface area contributed by atoms with E-state index in [0.29, 0.717) is 13.2 Å². The van der Waals surface area contributed by atoms with Crippen LogP contribution in [0.5, 0.6) is 0 Å². The smallest absolute Gasteiger partial charge is 0.301 e. The Morgan fingerprint density at radius 1 is 1.12 bits per heavy atom. The molecule has 0 aliphatic rings. The fraction of sp³-hybridized carbons (Fsp3) is 0.800. The van der Waals surface area contributed by atoms with Crippen LogP contribution in [0.2, 0.25) is 0 Å². The van der Waals surface area contributed by atoms with Crippen molar-refractivity contribution in [3.63, 3.8) is 0 Å². The van der Waals surface area contributed by atoms with E-state index in [2.05, 4.69) is 6.92 Å². The second kappa shape index (κ2) is 8.65. The van der Waals surface area contributed by atoms with Crippen LogP contribution in [0.3, 0.4) is 0 Å². The minimum Gasteiger partial charge on any atom is -0.301 e. The molecule has 0 aromatic rings. The van der Waals surface area contributed by atoms with Crippen molar-refractivity contribution >= 4 is 29.9 Å². The van der Waals surface area contributed by atoms with Gasteiger partial charge >= 0.3 is 6.80 Å². The first-order valence-corrected chi connectivity index (χ1v) is 9.33. The summed E-state index contributed by atoms with van der Waals surface area (Å²) in [7, 11) is 0. The molecule has 0 radical (unpaired) electrons. The molecule has 0 aromatic carbocycles. The van der Waals surface area contributed by atoms with Crippen molar-refractivity contribution in [2.45, 2.75) is 34.6 Å². The third-order valence-corrected chi connectivity index (χ3v) is 7.18. The molecule has 0 saturated carbocycles. The van der Waals surface area contributed by atoms with Crippen LogP contribution in [-0.4, -0.2) is 19.0 Å². The maximum absolute atomic E-state index is 12.3. The molecule has 0 aliphatic heterocycles. The topological polar surface area (TPSA) is 35.5 Å². The van der Waals surface area contributed by atoms with Crippen LogP contribution < -0.4 is 0 Å². The summed E-state index contributed by atoms with van der Waals surface area (Å²) < 4.78 is 23.8. The Morgan fingerprint density at radius 3 is 1.94 bits per heavy atom. The first-order valence-electron chi connectivity index (χ1n) is 5.38. The molecule has 0 spiro atoms. The van der Waals surface area contributed by atoms with E-state index in [-0.39, 0.29) is 0 Å². The summed E-state index contributed by atoms with van der Waals surface area (Å²) >= 11 is 2.90. The maximum atomic E-state index is 12.3. The molecule has 96 valence electrons. The van der Waals surface area contributed by atoms with Crippen molar-refractivity contribution in [3.05, 3.63) is 9.81 Å². The molecule has 0 atom stereocenters. The molecule has 0 bridgehead atoms. The summed E-state index contributed by atoms with van der Waals surface area (Å²) in [5.74, 6) is 0.950. The van der Waals surface area contributed by atoms with E-state index in [1.807, 2.05) is 27.7 Å². The summed E-state index contributed by atoms with van der Waals surface area (Å²) in [5, 5.41) is 0. The summed E-state index contributed by atoms with van der Waals surface area (Å²) in [6.07, 6.45) is 0. The standard InChI is InChI=1S/C10H21O3PS2/c1-6-12-14(11,13-7-2)16-10(9(4)5)15-8-3/h6-8H2,1-5H3. The third kappa shape index (κ3) is 6.36. The van der Waals surface area contributed by atoms with E-state index in [1.165, 1.54) is 11.4 Å². The average Bonchev–Trinajstić information content (AvgIpc) is 2.17. The summed E-state index contributed by atoms with van der Waals surface area (Å²) in [4.78, 5) is 0. The van der Waals surface area contributed by atoms with Gasteiger partial charge in [-0.2, -0.15) is 0 Å². The minimum atomic E-state index is -3.02. The Hall–Kier alpha value is 0.590. The Morgan fingerprint density at radius 2 is 1.62 bits per heavy atom. The van der Waals surface area contributed by atoms with Gasteiger partial charge in [0.1, 0.15) is 0 Å². The highest BCUT2D eigenvalue weighted by atomic mass is 32.7. The van der Waals surface area contributed by atoms with Crippen molar-refractivity contribution in [1.82, 2.24) is 0 Å². The van der Waals surface area contributed by atoms with Gasteiger partial charge in [-0.05, 0) is 33.4 Å². The highest BCUT2D eigenvalue weighted by Gasteiger charge is 2.27. The fourth-order valence-corrected chi connectivity index (χ4v) is 6.62. The Kier molecular flexibility index (Phi) is 8.97. The summed E-state index contributed by atoms with van der Waals surface area (Å²) in [5.41, 5.74) is 1.15. The van der Waals surface area contributed by atoms with Crippen LogP contribution in [-0.2, 0) is 13.6 Å². The van der Waals surface area contributed by atoms with Crippen LogP contribution in [0.1, 0.15) is 34.6 Å². The zero-order chi connectivity index (χ0) is 12.6. The molecule has 0 aliphatic carbocycles. The van der Waals surface area contributed by atoms with Gasteiger partial charge in [-0.3, -0.25) is 0 Å². The molecule has 0 fully saturated rings. The highest BCUT2D eigenvalue weighted by Crippen LogP contribution is 2.65. The first-order chi connectivity index (χ1) is 7.49. The average molecular weight is 284 g/mol. The Balaban J connectivity index is 4.71.